The van der Waals surface area contributed by atoms with Gasteiger partial charge in [0.15, 0.2) is 0 Å². The average Bonchev–Trinajstić information content (AvgIpc) is 2.87. The first kappa shape index (κ1) is 15.9. The summed E-state index contributed by atoms with van der Waals surface area (Å²) in [5, 5.41) is 4.04. The van der Waals surface area contributed by atoms with E-state index < -0.39 is 0 Å². The molecule has 0 N–H and O–H groups in total. The molecule has 0 amide bonds. The molecule has 1 unspecified atom stereocenters. The minimum absolute atomic E-state index is 0.471. The van der Waals surface area contributed by atoms with E-state index in [4.69, 9.17) is 9.26 Å². The second-order valence-corrected chi connectivity index (χ2v) is 6.40. The number of hydrogen-bond donors (Lipinski definition) is 0. The molecule has 1 fully saturated rings. The molecule has 0 aliphatic carbocycles. The van der Waals surface area contributed by atoms with Crippen molar-refractivity contribution in [3.8, 4) is 6.01 Å². The van der Waals surface area contributed by atoms with Crippen molar-refractivity contribution in [2.45, 2.75) is 40.2 Å². The molecule has 0 aromatic carbocycles. The average molecular weight is 316 g/mol. The van der Waals surface area contributed by atoms with Gasteiger partial charge in [0.1, 0.15) is 5.76 Å². The van der Waals surface area contributed by atoms with Crippen molar-refractivity contribution in [3.63, 3.8) is 0 Å². The zero-order valence-electron chi connectivity index (χ0n) is 14.1. The molecule has 2 aromatic rings. The topological polar surface area (TPSA) is 64.3 Å². The summed E-state index contributed by atoms with van der Waals surface area (Å²) in [6.45, 7) is 9.66. The maximum Gasteiger partial charge on any atom is 0.316 e. The lowest BCUT2D eigenvalue weighted by Gasteiger charge is -2.32. The summed E-state index contributed by atoms with van der Waals surface area (Å²) >= 11 is 0. The monoisotopic (exact) mass is 316 g/mol. The standard InChI is InChI=1S/C17H24N4O2/c1-12-7-18-17(19-8-12)22-11-15-5-4-6-21(9-15)10-16-13(2)20-23-14(16)3/h7-8,15H,4-6,9-11H2,1-3H3. The highest BCUT2D eigenvalue weighted by Crippen LogP contribution is 2.22. The summed E-state index contributed by atoms with van der Waals surface area (Å²) in [5.74, 6) is 1.43. The van der Waals surface area contributed by atoms with Crippen LogP contribution in [0.2, 0.25) is 0 Å². The number of rotatable bonds is 5. The van der Waals surface area contributed by atoms with Gasteiger partial charge in [0.05, 0.1) is 12.3 Å². The van der Waals surface area contributed by atoms with Crippen LogP contribution >= 0.6 is 0 Å². The quantitative estimate of drug-likeness (QED) is 0.845. The van der Waals surface area contributed by atoms with E-state index in [2.05, 4.69) is 20.0 Å². The molecule has 1 aliphatic rings. The summed E-state index contributed by atoms with van der Waals surface area (Å²) < 4.78 is 11.0. The van der Waals surface area contributed by atoms with E-state index in [1.807, 2.05) is 20.8 Å². The van der Waals surface area contributed by atoms with Crippen LogP contribution in [-0.4, -0.2) is 39.7 Å². The minimum Gasteiger partial charge on any atom is -0.463 e. The highest BCUT2D eigenvalue weighted by atomic mass is 16.5. The van der Waals surface area contributed by atoms with Crippen molar-refractivity contribution in [2.75, 3.05) is 19.7 Å². The van der Waals surface area contributed by atoms with Crippen molar-refractivity contribution in [1.82, 2.24) is 20.0 Å². The van der Waals surface area contributed by atoms with Crippen LogP contribution in [-0.2, 0) is 6.54 Å². The van der Waals surface area contributed by atoms with Crippen molar-refractivity contribution < 1.29 is 9.26 Å². The summed E-state index contributed by atoms with van der Waals surface area (Å²) in [6.07, 6.45) is 5.94. The van der Waals surface area contributed by atoms with Crippen LogP contribution in [0.15, 0.2) is 16.9 Å². The molecule has 0 radical (unpaired) electrons. The van der Waals surface area contributed by atoms with Gasteiger partial charge in [0, 0.05) is 37.0 Å². The predicted octanol–water partition coefficient (Wildman–Crippen LogP) is 2.68. The SMILES string of the molecule is Cc1cnc(OCC2CCCN(Cc3c(C)noc3C)C2)nc1. The van der Waals surface area contributed by atoms with E-state index in [0.29, 0.717) is 18.5 Å². The third-order valence-electron chi connectivity index (χ3n) is 4.37. The maximum atomic E-state index is 5.75. The second kappa shape index (κ2) is 7.08. The fraction of sp³-hybridized carbons (Fsp3) is 0.588. The lowest BCUT2D eigenvalue weighted by molar-refractivity contribution is 0.120. The molecule has 3 heterocycles. The third kappa shape index (κ3) is 4.07. The number of hydrogen-bond acceptors (Lipinski definition) is 6. The molecular formula is C17H24N4O2. The van der Waals surface area contributed by atoms with Crippen molar-refractivity contribution in [2.24, 2.45) is 5.92 Å². The van der Waals surface area contributed by atoms with Crippen LogP contribution < -0.4 is 4.74 Å². The number of ether oxygens (including phenoxy) is 1. The van der Waals surface area contributed by atoms with Gasteiger partial charge in [-0.2, -0.15) is 0 Å². The van der Waals surface area contributed by atoms with Crippen molar-refractivity contribution in [1.29, 1.82) is 0 Å². The Hall–Kier alpha value is -1.95. The van der Waals surface area contributed by atoms with Gasteiger partial charge in [0.2, 0.25) is 0 Å². The van der Waals surface area contributed by atoms with Gasteiger partial charge < -0.3 is 9.26 Å². The lowest BCUT2D eigenvalue weighted by atomic mass is 9.98. The van der Waals surface area contributed by atoms with Crippen molar-refractivity contribution >= 4 is 0 Å². The Morgan fingerprint density at radius 1 is 1.26 bits per heavy atom. The molecule has 1 saturated heterocycles. The van der Waals surface area contributed by atoms with Crippen LogP contribution in [0.4, 0.5) is 0 Å². The largest absolute Gasteiger partial charge is 0.463 e. The zero-order valence-corrected chi connectivity index (χ0v) is 14.1. The second-order valence-electron chi connectivity index (χ2n) is 6.40. The van der Waals surface area contributed by atoms with E-state index in [0.717, 1.165) is 36.7 Å². The minimum atomic E-state index is 0.471. The first-order chi connectivity index (χ1) is 11.1. The molecule has 6 heteroatoms. The molecule has 1 atom stereocenters. The van der Waals surface area contributed by atoms with Crippen LogP contribution in [0.5, 0.6) is 6.01 Å². The zero-order chi connectivity index (χ0) is 16.2. The fourth-order valence-corrected chi connectivity index (χ4v) is 3.03. The van der Waals surface area contributed by atoms with Crippen LogP contribution in [0, 0.1) is 26.7 Å². The highest BCUT2D eigenvalue weighted by molar-refractivity contribution is 5.20. The lowest BCUT2D eigenvalue weighted by Crippen LogP contribution is -2.37. The number of piperidine rings is 1. The van der Waals surface area contributed by atoms with Gasteiger partial charge >= 0.3 is 6.01 Å². The van der Waals surface area contributed by atoms with E-state index in [1.165, 1.54) is 18.4 Å². The van der Waals surface area contributed by atoms with Crippen LogP contribution in [0.25, 0.3) is 0 Å². The molecule has 6 nitrogen and oxygen atoms in total. The summed E-state index contributed by atoms with van der Waals surface area (Å²) in [6, 6.07) is 0.471. The molecule has 1 aliphatic heterocycles. The third-order valence-corrected chi connectivity index (χ3v) is 4.37. The molecule has 0 saturated carbocycles. The number of nitrogens with zero attached hydrogens (tertiary/aromatic N) is 4. The predicted molar refractivity (Wildman–Crippen MR) is 86.2 cm³/mol. The first-order valence-electron chi connectivity index (χ1n) is 8.17. The van der Waals surface area contributed by atoms with Gasteiger partial charge in [-0.15, -0.1) is 0 Å². The van der Waals surface area contributed by atoms with E-state index in [1.54, 1.807) is 12.4 Å². The Kier molecular flexibility index (Phi) is 4.91. The molecule has 3 rings (SSSR count). The fourth-order valence-electron chi connectivity index (χ4n) is 3.03. The van der Waals surface area contributed by atoms with Gasteiger partial charge in [-0.1, -0.05) is 5.16 Å². The van der Waals surface area contributed by atoms with E-state index in [-0.39, 0.29) is 0 Å². The first-order valence-corrected chi connectivity index (χ1v) is 8.17. The van der Waals surface area contributed by atoms with Gasteiger partial charge in [0.25, 0.3) is 0 Å². The van der Waals surface area contributed by atoms with Crippen molar-refractivity contribution in [3.05, 3.63) is 35.0 Å². The molecule has 0 bridgehead atoms. The highest BCUT2D eigenvalue weighted by Gasteiger charge is 2.23. The smallest absolute Gasteiger partial charge is 0.316 e. The Balaban J connectivity index is 1.53. The molecular weight excluding hydrogens is 292 g/mol. The van der Waals surface area contributed by atoms with Crippen LogP contribution in [0.1, 0.15) is 35.4 Å². The van der Waals surface area contributed by atoms with E-state index >= 15 is 0 Å². The Morgan fingerprint density at radius 2 is 2.04 bits per heavy atom. The number of aromatic nitrogens is 3. The molecule has 2 aromatic heterocycles. The van der Waals surface area contributed by atoms with Gasteiger partial charge in [-0.05, 0) is 45.7 Å². The summed E-state index contributed by atoms with van der Waals surface area (Å²) in [4.78, 5) is 10.9. The molecule has 0 spiro atoms. The Bertz CT molecular complexity index is 619. The Labute approximate surface area is 136 Å². The van der Waals surface area contributed by atoms with E-state index in [9.17, 15) is 0 Å². The number of aryl methyl sites for hydroxylation is 3. The molecule has 124 valence electrons. The van der Waals surface area contributed by atoms with Crippen LogP contribution in [0.3, 0.4) is 0 Å². The summed E-state index contributed by atoms with van der Waals surface area (Å²) in [7, 11) is 0. The maximum absolute atomic E-state index is 5.75. The Morgan fingerprint density at radius 3 is 2.74 bits per heavy atom. The normalized spacial score (nSPS) is 19.0. The molecule has 23 heavy (non-hydrogen) atoms. The van der Waals surface area contributed by atoms with Gasteiger partial charge in [-0.25, -0.2) is 9.97 Å². The van der Waals surface area contributed by atoms with Gasteiger partial charge in [-0.3, -0.25) is 4.90 Å². The number of likely N-dealkylation sites (tertiary alicyclic amines) is 1. The summed E-state index contributed by atoms with van der Waals surface area (Å²) in [5.41, 5.74) is 3.25.